The van der Waals surface area contributed by atoms with E-state index in [2.05, 4.69) is 20.3 Å². The lowest BCUT2D eigenvalue weighted by Gasteiger charge is -2.14. The molecule has 3 rings (SSSR count). The Bertz CT molecular complexity index is 701. The van der Waals surface area contributed by atoms with Gasteiger partial charge in [0.15, 0.2) is 17.4 Å². The van der Waals surface area contributed by atoms with Gasteiger partial charge >= 0.3 is 0 Å². The van der Waals surface area contributed by atoms with Crippen molar-refractivity contribution in [1.82, 2.24) is 25.0 Å². The molecule has 3 heterocycles. The van der Waals surface area contributed by atoms with Crippen molar-refractivity contribution in [3.05, 3.63) is 4.64 Å². The Morgan fingerprint density at radius 2 is 2.15 bits per heavy atom. The van der Waals surface area contributed by atoms with Crippen molar-refractivity contribution in [3.8, 4) is 0 Å². The van der Waals surface area contributed by atoms with Gasteiger partial charge in [-0.3, -0.25) is 0 Å². The number of nitrogens with zero attached hydrogens (tertiary/aromatic N) is 4. The van der Waals surface area contributed by atoms with Crippen molar-refractivity contribution in [1.29, 1.82) is 0 Å². The maximum atomic E-state index is 9.96. The molecule has 6 N–H and O–H groups in total. The van der Waals surface area contributed by atoms with Gasteiger partial charge in [-0.15, -0.1) is 5.10 Å². The zero-order valence-corrected chi connectivity index (χ0v) is 10.9. The van der Waals surface area contributed by atoms with Crippen molar-refractivity contribution in [2.75, 3.05) is 12.3 Å². The Hall–Kier alpha value is -1.66. The number of rotatable bonds is 2. The minimum atomic E-state index is -1.28. The van der Waals surface area contributed by atoms with Crippen molar-refractivity contribution in [2.45, 2.75) is 24.5 Å². The minimum Gasteiger partial charge on any atom is -0.394 e. The second-order valence-corrected chi connectivity index (χ2v) is 4.79. The highest BCUT2D eigenvalue weighted by atomic mass is 32.1. The van der Waals surface area contributed by atoms with Crippen LogP contribution in [0.25, 0.3) is 11.2 Å². The maximum absolute atomic E-state index is 9.96. The fourth-order valence-corrected chi connectivity index (χ4v) is 2.35. The van der Waals surface area contributed by atoms with Crippen LogP contribution in [0.3, 0.4) is 0 Å². The third-order valence-corrected chi connectivity index (χ3v) is 3.41. The summed E-state index contributed by atoms with van der Waals surface area (Å²) in [5.41, 5.74) is 6.09. The maximum Gasteiger partial charge on any atom is 0.200 e. The van der Waals surface area contributed by atoms with E-state index in [-0.39, 0.29) is 16.2 Å². The number of aromatic amines is 1. The lowest BCUT2D eigenvalue weighted by molar-refractivity contribution is -0.0574. The summed E-state index contributed by atoms with van der Waals surface area (Å²) in [5.74, 6) is 0.0674. The number of aromatic nitrogens is 5. The highest BCUT2D eigenvalue weighted by molar-refractivity contribution is 7.71. The van der Waals surface area contributed by atoms with Crippen LogP contribution in [-0.4, -0.2) is 65.2 Å². The molecule has 20 heavy (non-hydrogen) atoms. The van der Waals surface area contributed by atoms with E-state index in [1.54, 1.807) is 0 Å². The molecule has 2 unspecified atom stereocenters. The molecule has 10 nitrogen and oxygen atoms in total. The second-order valence-electron chi connectivity index (χ2n) is 4.39. The molecular weight excluding hydrogens is 288 g/mol. The number of fused-ring (bicyclic) bond motifs is 1. The minimum absolute atomic E-state index is 0.0674. The monoisotopic (exact) mass is 300 g/mol. The molecule has 0 bridgehead atoms. The number of anilines is 1. The summed E-state index contributed by atoms with van der Waals surface area (Å²) in [5, 5.41) is 36.4. The van der Waals surface area contributed by atoms with Crippen molar-refractivity contribution >= 4 is 29.3 Å². The molecule has 0 aromatic carbocycles. The molecule has 1 aliphatic heterocycles. The number of hydrogen-bond donors (Lipinski definition) is 5. The summed E-state index contributed by atoms with van der Waals surface area (Å²) >= 11 is 5.04. The predicted octanol–water partition coefficient (Wildman–Crippen LogP) is -1.92. The fourth-order valence-electron chi connectivity index (χ4n) is 2.11. The van der Waals surface area contributed by atoms with Gasteiger partial charge in [0.1, 0.15) is 23.0 Å². The van der Waals surface area contributed by atoms with Crippen LogP contribution >= 0.6 is 12.2 Å². The normalized spacial score (nSPS) is 30.1. The Balaban J connectivity index is 2.09. The molecular formula is C9H12N6O4S. The zero-order valence-electron chi connectivity index (χ0n) is 10.0. The van der Waals surface area contributed by atoms with Gasteiger partial charge in [0.05, 0.1) is 6.61 Å². The van der Waals surface area contributed by atoms with Gasteiger partial charge in [-0.2, -0.15) is 9.67 Å². The standard InChI is InChI=1S/C9H12N6O4S/c10-9-11-6-3(7(20)12-9)13-14-15(6)8-5(18)4(17)2(1-16)19-8/h2,4-5,8,16-18H,1H2,(H3,10,11,12,20)/t2-,4?,5?,8-/m1/s1. The number of nitrogen functional groups attached to an aromatic ring is 1. The number of aliphatic hydroxyl groups excluding tert-OH is 3. The van der Waals surface area contributed by atoms with Gasteiger partial charge in [0.2, 0.25) is 5.95 Å². The summed E-state index contributed by atoms with van der Waals surface area (Å²) in [4.78, 5) is 6.64. The van der Waals surface area contributed by atoms with Crippen LogP contribution < -0.4 is 5.73 Å². The van der Waals surface area contributed by atoms with Gasteiger partial charge < -0.3 is 30.8 Å². The number of aliphatic hydroxyl groups is 3. The topological polar surface area (TPSA) is 155 Å². The van der Waals surface area contributed by atoms with Crippen LogP contribution in [-0.2, 0) is 4.74 Å². The molecule has 11 heteroatoms. The molecule has 0 spiro atoms. The van der Waals surface area contributed by atoms with Crippen molar-refractivity contribution in [3.63, 3.8) is 0 Å². The Kier molecular flexibility index (Phi) is 3.14. The summed E-state index contributed by atoms with van der Waals surface area (Å²) in [6, 6.07) is 0. The molecule has 0 radical (unpaired) electrons. The molecule has 4 atom stereocenters. The second kappa shape index (κ2) is 4.71. The van der Waals surface area contributed by atoms with Gasteiger partial charge in [0, 0.05) is 0 Å². The van der Waals surface area contributed by atoms with E-state index >= 15 is 0 Å². The van der Waals surface area contributed by atoms with Gasteiger partial charge in [-0.25, -0.2) is 0 Å². The summed E-state index contributed by atoms with van der Waals surface area (Å²) in [6.45, 7) is -0.434. The van der Waals surface area contributed by atoms with Crippen LogP contribution in [0, 0.1) is 4.64 Å². The third kappa shape index (κ3) is 1.87. The van der Waals surface area contributed by atoms with E-state index in [1.807, 2.05) is 0 Å². The molecule has 1 saturated heterocycles. The lowest BCUT2D eigenvalue weighted by Crippen LogP contribution is -2.33. The summed E-state index contributed by atoms with van der Waals surface area (Å²) < 4.78 is 6.79. The molecule has 2 aromatic rings. The summed E-state index contributed by atoms with van der Waals surface area (Å²) in [6.07, 6.45) is -4.46. The first-order chi connectivity index (χ1) is 9.52. The lowest BCUT2D eigenvalue weighted by atomic mass is 10.1. The quantitative estimate of drug-likeness (QED) is 0.399. The number of hydrogen-bond acceptors (Lipinski definition) is 9. The first-order valence-electron chi connectivity index (χ1n) is 5.76. The average Bonchev–Trinajstić information content (AvgIpc) is 2.93. The van der Waals surface area contributed by atoms with E-state index in [4.69, 9.17) is 27.8 Å². The largest absolute Gasteiger partial charge is 0.394 e. The molecule has 2 aromatic heterocycles. The molecule has 0 amide bonds. The highest BCUT2D eigenvalue weighted by Gasteiger charge is 2.44. The van der Waals surface area contributed by atoms with E-state index in [0.717, 1.165) is 0 Å². The van der Waals surface area contributed by atoms with Gasteiger partial charge in [0.25, 0.3) is 0 Å². The van der Waals surface area contributed by atoms with E-state index < -0.39 is 31.1 Å². The molecule has 1 aliphatic rings. The van der Waals surface area contributed by atoms with E-state index in [9.17, 15) is 10.2 Å². The van der Waals surface area contributed by atoms with Crippen LogP contribution in [0.4, 0.5) is 5.95 Å². The molecule has 0 aliphatic carbocycles. The van der Waals surface area contributed by atoms with E-state index in [0.29, 0.717) is 5.52 Å². The van der Waals surface area contributed by atoms with Crippen LogP contribution in [0.1, 0.15) is 6.23 Å². The van der Waals surface area contributed by atoms with Crippen LogP contribution in [0.2, 0.25) is 0 Å². The Labute approximate surface area is 116 Å². The SMILES string of the molecule is Nc1nc2c(nnn2[C@@H]2O[C@H](CO)C(O)C2O)c(=S)[nH]1. The average molecular weight is 300 g/mol. The summed E-state index contributed by atoms with van der Waals surface area (Å²) in [7, 11) is 0. The van der Waals surface area contributed by atoms with Gasteiger partial charge in [-0.05, 0) is 0 Å². The van der Waals surface area contributed by atoms with Crippen LogP contribution in [0.5, 0.6) is 0 Å². The number of ether oxygens (including phenoxy) is 1. The Morgan fingerprint density at radius 1 is 1.40 bits per heavy atom. The number of H-pyrrole nitrogens is 1. The van der Waals surface area contributed by atoms with Crippen molar-refractivity contribution < 1.29 is 20.1 Å². The first kappa shape index (κ1) is 13.3. The Morgan fingerprint density at radius 3 is 2.80 bits per heavy atom. The van der Waals surface area contributed by atoms with Crippen LogP contribution in [0.15, 0.2) is 0 Å². The van der Waals surface area contributed by atoms with Gasteiger partial charge in [-0.1, -0.05) is 17.4 Å². The molecule has 0 saturated carbocycles. The highest BCUT2D eigenvalue weighted by Crippen LogP contribution is 2.30. The fraction of sp³-hybridized carbons (Fsp3) is 0.556. The van der Waals surface area contributed by atoms with E-state index in [1.165, 1.54) is 4.68 Å². The number of nitrogens with two attached hydrogens (primary N) is 1. The predicted molar refractivity (Wildman–Crippen MR) is 67.9 cm³/mol. The smallest absolute Gasteiger partial charge is 0.200 e. The number of nitrogens with one attached hydrogen (secondary N) is 1. The first-order valence-corrected chi connectivity index (χ1v) is 6.17. The third-order valence-electron chi connectivity index (χ3n) is 3.11. The molecule has 1 fully saturated rings. The molecule has 108 valence electrons. The zero-order chi connectivity index (χ0) is 14.4. The van der Waals surface area contributed by atoms with Crippen molar-refractivity contribution in [2.24, 2.45) is 0 Å².